The Labute approximate surface area is 112 Å². The van der Waals surface area contributed by atoms with Gasteiger partial charge in [0.1, 0.15) is 23.5 Å². The van der Waals surface area contributed by atoms with Gasteiger partial charge in [0.2, 0.25) is 0 Å². The van der Waals surface area contributed by atoms with Gasteiger partial charge in [-0.25, -0.2) is 9.18 Å². The third-order valence-corrected chi connectivity index (χ3v) is 2.65. The van der Waals surface area contributed by atoms with Gasteiger partial charge in [0.05, 0.1) is 0 Å². The van der Waals surface area contributed by atoms with Crippen LogP contribution in [0.3, 0.4) is 0 Å². The number of aliphatic carboxylic acids is 1. The van der Waals surface area contributed by atoms with Crippen molar-refractivity contribution in [2.45, 2.75) is 0 Å². The number of nitrogens with zero attached hydrogens (tertiary/aromatic N) is 1. The average Bonchev–Trinajstić information content (AvgIpc) is 2.36. The number of carboxylic acid groups (broad SMARTS) is 1. The highest BCUT2D eigenvalue weighted by atomic mass is 19.1. The van der Waals surface area contributed by atoms with Crippen molar-refractivity contribution in [2.24, 2.45) is 0 Å². The van der Waals surface area contributed by atoms with Gasteiger partial charge in [0, 0.05) is 18.5 Å². The van der Waals surface area contributed by atoms with Crippen molar-refractivity contribution in [2.75, 3.05) is 13.6 Å². The maximum Gasteiger partial charge on any atom is 0.349 e. The summed E-state index contributed by atoms with van der Waals surface area (Å²) < 4.78 is 17.9. The molecule has 0 unspecified atom stereocenters. The summed E-state index contributed by atoms with van der Waals surface area (Å²) >= 11 is 0. The maximum absolute atomic E-state index is 13.0. The summed E-state index contributed by atoms with van der Waals surface area (Å²) in [6.45, 7) is -0.542. The first-order valence-electron chi connectivity index (χ1n) is 5.59. The zero-order chi connectivity index (χ0) is 14.9. The number of hydrogen-bond donors (Lipinski definition) is 1. The molecule has 0 aliphatic heterocycles. The number of likely N-dealkylation sites (N-methyl/N-ethyl adjacent to an activating group) is 1. The smallest absolute Gasteiger partial charge is 0.349 e. The van der Waals surface area contributed by atoms with Gasteiger partial charge in [-0.15, -0.1) is 0 Å². The van der Waals surface area contributed by atoms with Crippen LogP contribution in [0.15, 0.2) is 33.5 Å². The Bertz CT molecular complexity index is 752. The second-order valence-electron chi connectivity index (χ2n) is 4.18. The predicted molar refractivity (Wildman–Crippen MR) is 67.0 cm³/mol. The van der Waals surface area contributed by atoms with Gasteiger partial charge < -0.3 is 14.4 Å². The predicted octanol–water partition coefficient (Wildman–Crippen LogP) is 1.09. The average molecular weight is 279 g/mol. The van der Waals surface area contributed by atoms with Crippen LogP contribution >= 0.6 is 0 Å². The topological polar surface area (TPSA) is 87.8 Å². The molecule has 0 bridgehead atoms. The monoisotopic (exact) mass is 279 g/mol. The molecule has 104 valence electrons. The van der Waals surface area contributed by atoms with Crippen LogP contribution in [0.1, 0.15) is 10.4 Å². The minimum atomic E-state index is -1.20. The fraction of sp³-hybridized carbons (Fsp3) is 0.154. The van der Waals surface area contributed by atoms with Crippen LogP contribution in [0, 0.1) is 5.82 Å². The lowest BCUT2D eigenvalue weighted by molar-refractivity contribution is -0.137. The van der Waals surface area contributed by atoms with Crippen LogP contribution < -0.4 is 5.63 Å². The molecule has 1 N–H and O–H groups in total. The molecule has 1 amide bonds. The van der Waals surface area contributed by atoms with Crippen molar-refractivity contribution in [1.29, 1.82) is 0 Å². The van der Waals surface area contributed by atoms with Gasteiger partial charge in [-0.2, -0.15) is 0 Å². The molecule has 0 aliphatic rings. The van der Waals surface area contributed by atoms with Gasteiger partial charge in [-0.05, 0) is 18.2 Å². The normalized spacial score (nSPS) is 10.5. The van der Waals surface area contributed by atoms with E-state index < -0.39 is 29.9 Å². The highest BCUT2D eigenvalue weighted by Gasteiger charge is 2.19. The highest BCUT2D eigenvalue weighted by molar-refractivity contribution is 5.97. The number of benzene rings is 1. The summed E-state index contributed by atoms with van der Waals surface area (Å²) in [6, 6.07) is 4.81. The van der Waals surface area contributed by atoms with Gasteiger partial charge in [-0.3, -0.25) is 9.59 Å². The van der Waals surface area contributed by atoms with Crippen molar-refractivity contribution in [3.8, 4) is 0 Å². The van der Waals surface area contributed by atoms with Gasteiger partial charge in [0.15, 0.2) is 0 Å². The second kappa shape index (κ2) is 5.12. The Morgan fingerprint density at radius 3 is 2.70 bits per heavy atom. The number of rotatable bonds is 3. The quantitative estimate of drug-likeness (QED) is 0.850. The lowest BCUT2D eigenvalue weighted by Gasteiger charge is -2.13. The Kier molecular flexibility index (Phi) is 3.51. The minimum absolute atomic E-state index is 0.0208. The lowest BCUT2D eigenvalue weighted by atomic mass is 10.1. The van der Waals surface area contributed by atoms with E-state index >= 15 is 0 Å². The van der Waals surface area contributed by atoms with E-state index in [-0.39, 0.29) is 11.1 Å². The van der Waals surface area contributed by atoms with Crippen molar-refractivity contribution < 1.29 is 23.5 Å². The van der Waals surface area contributed by atoms with E-state index in [1.807, 2.05) is 0 Å². The Balaban J connectivity index is 2.47. The van der Waals surface area contributed by atoms with Crippen LogP contribution in [0.2, 0.25) is 0 Å². The minimum Gasteiger partial charge on any atom is -0.480 e. The van der Waals surface area contributed by atoms with E-state index in [9.17, 15) is 18.8 Å². The summed E-state index contributed by atoms with van der Waals surface area (Å²) in [6.07, 6.45) is 0. The van der Waals surface area contributed by atoms with Crippen molar-refractivity contribution >= 4 is 22.8 Å². The molecule has 0 fully saturated rings. The molecule has 1 heterocycles. The third kappa shape index (κ3) is 2.66. The Morgan fingerprint density at radius 2 is 2.05 bits per heavy atom. The summed E-state index contributed by atoms with van der Waals surface area (Å²) in [7, 11) is 1.25. The molecule has 1 aromatic heterocycles. The summed E-state index contributed by atoms with van der Waals surface area (Å²) in [5.74, 6) is -2.54. The van der Waals surface area contributed by atoms with E-state index in [1.165, 1.54) is 19.2 Å². The molecule has 0 atom stereocenters. The van der Waals surface area contributed by atoms with E-state index in [1.54, 1.807) is 0 Å². The molecule has 7 heteroatoms. The fourth-order valence-corrected chi connectivity index (χ4v) is 1.71. The largest absolute Gasteiger partial charge is 0.480 e. The molecule has 0 spiro atoms. The van der Waals surface area contributed by atoms with Gasteiger partial charge in [0.25, 0.3) is 5.91 Å². The molecule has 0 radical (unpaired) electrons. The van der Waals surface area contributed by atoms with Crippen LogP contribution in [0.4, 0.5) is 4.39 Å². The summed E-state index contributed by atoms with van der Waals surface area (Å²) in [5, 5.41) is 8.99. The number of halogens is 1. The fourth-order valence-electron chi connectivity index (χ4n) is 1.71. The first kappa shape index (κ1) is 13.7. The van der Waals surface area contributed by atoms with E-state index in [2.05, 4.69) is 0 Å². The number of amides is 1. The molecule has 2 aromatic rings. The van der Waals surface area contributed by atoms with Gasteiger partial charge >= 0.3 is 11.6 Å². The van der Waals surface area contributed by atoms with Crippen LogP contribution in [0.5, 0.6) is 0 Å². The van der Waals surface area contributed by atoms with E-state index in [4.69, 9.17) is 9.52 Å². The molecule has 20 heavy (non-hydrogen) atoms. The molecule has 0 saturated carbocycles. The highest BCUT2D eigenvalue weighted by Crippen LogP contribution is 2.15. The van der Waals surface area contributed by atoms with E-state index in [0.717, 1.165) is 17.0 Å². The molecule has 0 saturated heterocycles. The van der Waals surface area contributed by atoms with Crippen molar-refractivity contribution in [3.05, 3.63) is 46.1 Å². The van der Waals surface area contributed by atoms with Gasteiger partial charge in [-0.1, -0.05) is 0 Å². The zero-order valence-electron chi connectivity index (χ0n) is 10.4. The van der Waals surface area contributed by atoms with Crippen LogP contribution in [-0.2, 0) is 4.79 Å². The number of fused-ring (bicyclic) bond motifs is 1. The number of carbonyl (C=O) groups excluding carboxylic acids is 1. The molecule has 6 nitrogen and oxygen atoms in total. The first-order valence-corrected chi connectivity index (χ1v) is 5.59. The Morgan fingerprint density at radius 1 is 1.35 bits per heavy atom. The van der Waals surface area contributed by atoms with E-state index in [0.29, 0.717) is 5.39 Å². The summed E-state index contributed by atoms with van der Waals surface area (Å²) in [4.78, 5) is 35.1. The second-order valence-corrected chi connectivity index (χ2v) is 4.18. The lowest BCUT2D eigenvalue weighted by Crippen LogP contribution is -2.34. The molecular formula is C13H10FNO5. The van der Waals surface area contributed by atoms with Crippen LogP contribution in [-0.4, -0.2) is 35.5 Å². The zero-order valence-corrected chi connectivity index (χ0v) is 10.4. The number of hydrogen-bond acceptors (Lipinski definition) is 4. The van der Waals surface area contributed by atoms with Crippen LogP contribution in [0.25, 0.3) is 11.0 Å². The molecule has 0 aliphatic carbocycles. The third-order valence-electron chi connectivity index (χ3n) is 2.65. The van der Waals surface area contributed by atoms with Crippen molar-refractivity contribution in [1.82, 2.24) is 4.90 Å². The first-order chi connectivity index (χ1) is 9.38. The molecule has 2 rings (SSSR count). The summed E-state index contributed by atoms with van der Waals surface area (Å²) in [5.41, 5.74) is -1.22. The maximum atomic E-state index is 13.0. The molecular weight excluding hydrogens is 269 g/mol. The Hall–Kier alpha value is -2.70. The standard InChI is InChI=1S/C13H10FNO5/c1-15(6-11(16)17)12(18)9-4-7-2-3-8(14)5-10(7)20-13(9)19/h2-5H,6H2,1H3,(H,16,17). The number of carbonyl (C=O) groups is 2. The SMILES string of the molecule is CN(CC(=O)O)C(=O)c1cc2ccc(F)cc2oc1=O. The number of carboxylic acids is 1. The molecule has 1 aromatic carbocycles. The van der Waals surface area contributed by atoms with Crippen molar-refractivity contribution in [3.63, 3.8) is 0 Å².